The third-order valence-corrected chi connectivity index (χ3v) is 6.03. The summed E-state index contributed by atoms with van der Waals surface area (Å²) >= 11 is 1.43. The molecule has 0 radical (unpaired) electrons. The zero-order chi connectivity index (χ0) is 16.2. The first-order chi connectivity index (χ1) is 11.2. The predicted octanol–water partition coefficient (Wildman–Crippen LogP) is 4.98. The Morgan fingerprint density at radius 3 is 2.57 bits per heavy atom. The number of aromatic nitrogens is 1. The van der Waals surface area contributed by atoms with E-state index in [0.717, 1.165) is 16.4 Å². The van der Waals surface area contributed by atoms with Crippen LogP contribution in [0.3, 0.4) is 0 Å². The van der Waals surface area contributed by atoms with Gasteiger partial charge in [-0.1, -0.05) is 25.8 Å². The van der Waals surface area contributed by atoms with Gasteiger partial charge in [0.2, 0.25) is 0 Å². The maximum Gasteiger partial charge on any atom is 0.258 e. The Morgan fingerprint density at radius 2 is 2.00 bits per heavy atom. The largest absolute Gasteiger partial charge is 0.365 e. The number of amides is 1. The van der Waals surface area contributed by atoms with Gasteiger partial charge in [-0.25, -0.2) is 0 Å². The van der Waals surface area contributed by atoms with E-state index in [1.54, 1.807) is 6.07 Å². The molecule has 23 heavy (non-hydrogen) atoms. The standard InChI is InChI=1S/C19H24N2OS/c1-2-3-13-4-6-14(7-5-13)16-9-8-15(12-21-16)17-10-11-18(23-17)19(20)22/h8-14H,2-7H2,1H3,(H2,20,22)/t13-,14-. The minimum atomic E-state index is -0.366. The number of thiophene rings is 1. The van der Waals surface area contributed by atoms with Crippen molar-refractivity contribution in [3.63, 3.8) is 0 Å². The number of hydrogen-bond acceptors (Lipinski definition) is 3. The lowest BCUT2D eigenvalue weighted by Gasteiger charge is -2.28. The van der Waals surface area contributed by atoms with Gasteiger partial charge in [0.25, 0.3) is 5.91 Å². The number of hydrogen-bond donors (Lipinski definition) is 1. The van der Waals surface area contributed by atoms with Gasteiger partial charge in [-0.15, -0.1) is 11.3 Å². The summed E-state index contributed by atoms with van der Waals surface area (Å²) in [4.78, 5) is 17.5. The van der Waals surface area contributed by atoms with Gasteiger partial charge in [0.15, 0.2) is 0 Å². The molecule has 0 aromatic carbocycles. The van der Waals surface area contributed by atoms with Crippen molar-refractivity contribution in [2.75, 3.05) is 0 Å². The van der Waals surface area contributed by atoms with Crippen LogP contribution >= 0.6 is 11.3 Å². The summed E-state index contributed by atoms with van der Waals surface area (Å²) in [6.07, 6.45) is 9.83. The molecule has 0 spiro atoms. The Kier molecular flexibility index (Phi) is 5.11. The van der Waals surface area contributed by atoms with Crippen LogP contribution in [-0.4, -0.2) is 10.9 Å². The molecule has 1 saturated carbocycles. The highest BCUT2D eigenvalue weighted by atomic mass is 32.1. The van der Waals surface area contributed by atoms with Gasteiger partial charge in [0.05, 0.1) is 4.88 Å². The lowest BCUT2D eigenvalue weighted by atomic mass is 9.78. The molecular weight excluding hydrogens is 304 g/mol. The molecule has 2 aromatic heterocycles. The third kappa shape index (κ3) is 3.81. The SMILES string of the molecule is CCC[C@H]1CC[C@H](c2ccc(-c3ccc(C(N)=O)s3)cn2)CC1. The van der Waals surface area contributed by atoms with Crippen LogP contribution in [0.1, 0.15) is 66.7 Å². The second kappa shape index (κ2) is 7.26. The number of carbonyl (C=O) groups excluding carboxylic acids is 1. The van der Waals surface area contributed by atoms with E-state index < -0.39 is 0 Å². The summed E-state index contributed by atoms with van der Waals surface area (Å²) < 4.78 is 0. The van der Waals surface area contributed by atoms with E-state index in [0.29, 0.717) is 10.8 Å². The molecule has 1 aliphatic carbocycles. The molecule has 2 aromatic rings. The molecule has 1 amide bonds. The molecule has 1 aliphatic rings. The quantitative estimate of drug-likeness (QED) is 0.841. The topological polar surface area (TPSA) is 56.0 Å². The van der Waals surface area contributed by atoms with E-state index >= 15 is 0 Å². The van der Waals surface area contributed by atoms with Crippen molar-refractivity contribution in [3.8, 4) is 10.4 Å². The van der Waals surface area contributed by atoms with Crippen LogP contribution in [0.5, 0.6) is 0 Å². The first kappa shape index (κ1) is 16.2. The summed E-state index contributed by atoms with van der Waals surface area (Å²) in [6, 6.07) is 8.00. The van der Waals surface area contributed by atoms with Crippen LogP contribution < -0.4 is 5.73 Å². The second-order valence-electron chi connectivity index (χ2n) is 6.51. The van der Waals surface area contributed by atoms with Crippen LogP contribution in [0.15, 0.2) is 30.5 Å². The number of nitrogens with two attached hydrogens (primary N) is 1. The molecule has 0 atom stereocenters. The van der Waals surface area contributed by atoms with Crippen molar-refractivity contribution in [3.05, 3.63) is 41.0 Å². The molecule has 1 fully saturated rings. The van der Waals surface area contributed by atoms with E-state index in [1.165, 1.54) is 55.6 Å². The summed E-state index contributed by atoms with van der Waals surface area (Å²) in [5.41, 5.74) is 7.59. The third-order valence-electron chi connectivity index (χ3n) is 4.88. The van der Waals surface area contributed by atoms with Gasteiger partial charge in [-0.2, -0.15) is 0 Å². The number of rotatable bonds is 5. The van der Waals surface area contributed by atoms with Crippen molar-refractivity contribution in [1.29, 1.82) is 0 Å². The van der Waals surface area contributed by atoms with Crippen LogP contribution in [0.2, 0.25) is 0 Å². The zero-order valence-electron chi connectivity index (χ0n) is 13.6. The fraction of sp³-hybridized carbons (Fsp3) is 0.474. The van der Waals surface area contributed by atoms with Gasteiger partial charge in [-0.05, 0) is 49.8 Å². The van der Waals surface area contributed by atoms with E-state index in [9.17, 15) is 4.79 Å². The van der Waals surface area contributed by atoms with Crippen molar-refractivity contribution < 1.29 is 4.79 Å². The van der Waals surface area contributed by atoms with Gasteiger partial charge in [-0.3, -0.25) is 9.78 Å². The number of pyridine rings is 1. The minimum absolute atomic E-state index is 0.366. The lowest BCUT2D eigenvalue weighted by molar-refractivity contribution is 0.100. The fourth-order valence-corrected chi connectivity index (χ4v) is 4.42. The normalized spacial score (nSPS) is 21.3. The molecule has 2 heterocycles. The van der Waals surface area contributed by atoms with Crippen molar-refractivity contribution >= 4 is 17.2 Å². The molecule has 0 bridgehead atoms. The molecule has 3 rings (SSSR count). The van der Waals surface area contributed by atoms with Gasteiger partial charge >= 0.3 is 0 Å². The van der Waals surface area contributed by atoms with Crippen LogP contribution in [0.4, 0.5) is 0 Å². The molecule has 3 nitrogen and oxygen atoms in total. The smallest absolute Gasteiger partial charge is 0.258 e. The number of carbonyl (C=O) groups is 1. The highest BCUT2D eigenvalue weighted by molar-refractivity contribution is 7.17. The summed E-state index contributed by atoms with van der Waals surface area (Å²) in [7, 11) is 0. The first-order valence-corrected chi connectivity index (χ1v) is 9.35. The average Bonchev–Trinajstić information content (AvgIpc) is 3.06. The Labute approximate surface area is 141 Å². The molecule has 122 valence electrons. The summed E-state index contributed by atoms with van der Waals surface area (Å²) in [6.45, 7) is 2.28. The Hall–Kier alpha value is -1.68. The van der Waals surface area contributed by atoms with Gasteiger partial charge in [0.1, 0.15) is 0 Å². The Morgan fingerprint density at radius 1 is 1.22 bits per heavy atom. The van der Waals surface area contributed by atoms with E-state index in [2.05, 4.69) is 19.1 Å². The maximum atomic E-state index is 11.2. The minimum Gasteiger partial charge on any atom is -0.365 e. The molecule has 4 heteroatoms. The van der Waals surface area contributed by atoms with Crippen molar-refractivity contribution in [2.45, 2.75) is 51.4 Å². The summed E-state index contributed by atoms with van der Waals surface area (Å²) in [5, 5.41) is 0. The molecule has 2 N–H and O–H groups in total. The Balaban J connectivity index is 1.66. The fourth-order valence-electron chi connectivity index (χ4n) is 3.57. The van der Waals surface area contributed by atoms with Crippen molar-refractivity contribution in [2.24, 2.45) is 11.7 Å². The van der Waals surface area contributed by atoms with Gasteiger partial charge < -0.3 is 5.73 Å². The zero-order valence-corrected chi connectivity index (χ0v) is 14.4. The molecule has 0 aliphatic heterocycles. The molecule has 0 unspecified atom stereocenters. The van der Waals surface area contributed by atoms with Crippen LogP contribution in [0.25, 0.3) is 10.4 Å². The summed E-state index contributed by atoms with van der Waals surface area (Å²) in [5.74, 6) is 1.17. The highest BCUT2D eigenvalue weighted by Crippen LogP contribution is 2.37. The number of primary amides is 1. The van der Waals surface area contributed by atoms with Crippen molar-refractivity contribution in [1.82, 2.24) is 4.98 Å². The Bertz CT molecular complexity index is 654. The molecule has 0 saturated heterocycles. The van der Waals surface area contributed by atoms with Crippen LogP contribution in [0, 0.1) is 5.92 Å². The average molecular weight is 328 g/mol. The lowest BCUT2D eigenvalue weighted by Crippen LogP contribution is -2.14. The van der Waals surface area contributed by atoms with Gasteiger partial charge in [0, 0.05) is 28.2 Å². The van der Waals surface area contributed by atoms with Crippen LogP contribution in [-0.2, 0) is 0 Å². The first-order valence-electron chi connectivity index (χ1n) is 8.53. The van der Waals surface area contributed by atoms with E-state index in [4.69, 9.17) is 10.7 Å². The highest BCUT2D eigenvalue weighted by Gasteiger charge is 2.22. The van der Waals surface area contributed by atoms with E-state index in [1.807, 2.05) is 12.3 Å². The predicted molar refractivity (Wildman–Crippen MR) is 95.7 cm³/mol. The maximum absolute atomic E-state index is 11.2. The second-order valence-corrected chi connectivity index (χ2v) is 7.59. The molecular formula is C19H24N2OS. The van der Waals surface area contributed by atoms with E-state index in [-0.39, 0.29) is 5.91 Å². The number of nitrogens with zero attached hydrogens (tertiary/aromatic N) is 1. The monoisotopic (exact) mass is 328 g/mol.